The van der Waals surface area contributed by atoms with Crippen LogP contribution in [0.3, 0.4) is 0 Å². The van der Waals surface area contributed by atoms with Crippen LogP contribution in [0.25, 0.3) is 0 Å². The summed E-state index contributed by atoms with van der Waals surface area (Å²) in [6.07, 6.45) is 2.60. The van der Waals surface area contributed by atoms with Crippen molar-refractivity contribution in [2.75, 3.05) is 0 Å². The Kier molecular flexibility index (Phi) is 2.83. The van der Waals surface area contributed by atoms with E-state index in [4.69, 9.17) is 15.5 Å². The number of hydrogen-bond donors (Lipinski definition) is 0. The molecule has 0 saturated heterocycles. The zero-order valence-electron chi connectivity index (χ0n) is 14.5. The van der Waals surface area contributed by atoms with Crippen molar-refractivity contribution >= 4 is 22.0 Å². The van der Waals surface area contributed by atoms with Crippen LogP contribution in [0, 0.1) is 39.4 Å². The van der Waals surface area contributed by atoms with E-state index < -0.39 is 0 Å². The molecule has 0 spiro atoms. The normalized spacial score (nSPS) is 64.5. The van der Waals surface area contributed by atoms with E-state index in [9.17, 15) is 0 Å². The van der Waals surface area contributed by atoms with Gasteiger partial charge in [-0.05, 0) is 52.3 Å². The molecular weight excluding hydrogens is 237 g/mol. The zero-order chi connectivity index (χ0) is 15.3. The first-order valence-electron chi connectivity index (χ1n) is 8.46. The van der Waals surface area contributed by atoms with Gasteiger partial charge in [0.25, 0.3) is 0 Å². The SMILES string of the molecule is [B]B([B])C1C2(C)CC3(C)C(C)C(C)(C2)C(C)C1(C)C3C. The molecule has 4 fully saturated rings. The van der Waals surface area contributed by atoms with Crippen LogP contribution in [-0.2, 0) is 0 Å². The minimum absolute atomic E-state index is 0.183. The lowest BCUT2D eigenvalue weighted by Gasteiger charge is -2.80. The van der Waals surface area contributed by atoms with Crippen LogP contribution in [0.4, 0.5) is 0 Å². The molecule has 4 saturated carbocycles. The highest BCUT2D eigenvalue weighted by Crippen LogP contribution is 2.82. The lowest BCUT2D eigenvalue weighted by Crippen LogP contribution is -2.74. The molecule has 4 bridgehead atoms. The molecule has 4 rings (SSSR count). The minimum atomic E-state index is -0.183. The van der Waals surface area contributed by atoms with E-state index in [-0.39, 0.29) is 11.9 Å². The van der Waals surface area contributed by atoms with E-state index >= 15 is 0 Å². The fourth-order valence-electron chi connectivity index (χ4n) is 8.10. The molecular formula is C17H29B3. The highest BCUT2D eigenvalue weighted by Gasteiger charge is 2.75. The average Bonchev–Trinajstić information content (AvgIpc) is 2.30. The van der Waals surface area contributed by atoms with E-state index in [1.54, 1.807) is 0 Å². The van der Waals surface area contributed by atoms with Crippen molar-refractivity contribution in [2.24, 2.45) is 39.4 Å². The number of hydrogen-bond acceptors (Lipinski definition) is 0. The van der Waals surface area contributed by atoms with Gasteiger partial charge in [0.1, 0.15) is 0 Å². The lowest BCUT2D eigenvalue weighted by molar-refractivity contribution is -0.281. The molecule has 20 heavy (non-hydrogen) atoms. The van der Waals surface area contributed by atoms with E-state index in [0.29, 0.717) is 33.9 Å². The Hall–Kier alpha value is 0.195. The molecule has 3 heteroatoms. The van der Waals surface area contributed by atoms with Gasteiger partial charge < -0.3 is 0 Å². The van der Waals surface area contributed by atoms with Crippen molar-refractivity contribution in [1.29, 1.82) is 0 Å². The van der Waals surface area contributed by atoms with Gasteiger partial charge in [-0.15, -0.1) is 0 Å². The fraction of sp³-hybridized carbons (Fsp3) is 1.00. The van der Waals surface area contributed by atoms with Crippen molar-refractivity contribution < 1.29 is 0 Å². The average molecular weight is 266 g/mol. The molecule has 0 heterocycles. The molecule has 0 aromatic heterocycles. The molecule has 5 atom stereocenters. The molecule has 4 aliphatic carbocycles. The summed E-state index contributed by atoms with van der Waals surface area (Å²) in [6.45, 7) is 17.3. The summed E-state index contributed by atoms with van der Waals surface area (Å²) >= 11 is 0. The third kappa shape index (κ3) is 1.31. The summed E-state index contributed by atoms with van der Waals surface area (Å²) in [7, 11) is 12.6. The van der Waals surface area contributed by atoms with E-state index in [1.807, 2.05) is 0 Å². The van der Waals surface area contributed by atoms with Crippen LogP contribution in [0.15, 0.2) is 0 Å². The molecule has 5 unspecified atom stereocenters. The Labute approximate surface area is 129 Å². The summed E-state index contributed by atoms with van der Waals surface area (Å²) in [6, 6.07) is 0. The Morgan fingerprint density at radius 3 is 1.55 bits per heavy atom. The van der Waals surface area contributed by atoms with Gasteiger partial charge in [0.15, 0.2) is 0 Å². The van der Waals surface area contributed by atoms with Gasteiger partial charge in [0.2, 0.25) is 0 Å². The van der Waals surface area contributed by atoms with Gasteiger partial charge in [-0.25, -0.2) is 0 Å². The first-order chi connectivity index (χ1) is 8.94. The van der Waals surface area contributed by atoms with Gasteiger partial charge in [0.05, 0.1) is 6.49 Å². The highest BCUT2D eigenvalue weighted by molar-refractivity contribution is 7.30. The van der Waals surface area contributed by atoms with Crippen LogP contribution < -0.4 is 0 Å². The maximum Gasteiger partial charge on any atom is 0.0506 e. The van der Waals surface area contributed by atoms with Crippen LogP contribution in [0.5, 0.6) is 0 Å². The maximum atomic E-state index is 6.31. The summed E-state index contributed by atoms with van der Waals surface area (Å²) < 4.78 is 0. The fourth-order valence-corrected chi connectivity index (χ4v) is 8.10. The van der Waals surface area contributed by atoms with Crippen molar-refractivity contribution in [3.8, 4) is 0 Å². The summed E-state index contributed by atoms with van der Waals surface area (Å²) in [5.41, 5.74) is 1.47. The van der Waals surface area contributed by atoms with Gasteiger partial charge in [0, 0.05) is 15.5 Å². The molecule has 0 nitrogen and oxygen atoms in total. The van der Waals surface area contributed by atoms with Crippen LogP contribution in [0.2, 0.25) is 5.82 Å². The first-order valence-corrected chi connectivity index (χ1v) is 8.46. The molecule has 4 aliphatic rings. The predicted molar refractivity (Wildman–Crippen MR) is 90.2 cm³/mol. The smallest absolute Gasteiger partial charge is 0.0506 e. The predicted octanol–water partition coefficient (Wildman–Crippen LogP) is 3.94. The third-order valence-corrected chi connectivity index (χ3v) is 9.20. The Morgan fingerprint density at radius 2 is 1.20 bits per heavy atom. The second-order valence-corrected chi connectivity index (χ2v) is 9.61. The molecule has 4 radical (unpaired) electrons. The van der Waals surface area contributed by atoms with E-state index in [2.05, 4.69) is 48.5 Å². The van der Waals surface area contributed by atoms with Crippen molar-refractivity contribution in [3.05, 3.63) is 0 Å². The zero-order valence-corrected chi connectivity index (χ0v) is 14.5. The van der Waals surface area contributed by atoms with Crippen LogP contribution in [0.1, 0.15) is 61.3 Å². The summed E-state index contributed by atoms with van der Waals surface area (Å²) in [5, 5.41) is 0. The first kappa shape index (κ1) is 15.1. The van der Waals surface area contributed by atoms with Gasteiger partial charge in [-0.2, -0.15) is 0 Å². The highest BCUT2D eigenvalue weighted by atomic mass is 14.8. The standard InChI is InChI=1S/C17H29B3/c1-10-15(5)8-14(4)9-16(10,6)12(3)17(7,11(15)2)13(14)20(18)19/h10-13H,8-9H2,1-7H3. The summed E-state index contributed by atoms with van der Waals surface area (Å²) in [5.74, 6) is 2.63. The molecule has 0 aliphatic heterocycles. The summed E-state index contributed by atoms with van der Waals surface area (Å²) in [4.78, 5) is 0. The second-order valence-electron chi connectivity index (χ2n) is 9.61. The van der Waals surface area contributed by atoms with Gasteiger partial charge in [-0.3, -0.25) is 0 Å². The molecule has 0 amide bonds. The third-order valence-electron chi connectivity index (χ3n) is 9.20. The molecule has 0 N–H and O–H groups in total. The second kappa shape index (κ2) is 3.74. The van der Waals surface area contributed by atoms with Crippen molar-refractivity contribution in [1.82, 2.24) is 0 Å². The topological polar surface area (TPSA) is 0 Å². The van der Waals surface area contributed by atoms with Crippen molar-refractivity contribution in [2.45, 2.75) is 67.1 Å². The number of rotatable bonds is 1. The molecule has 0 aromatic rings. The molecule has 0 aromatic carbocycles. The van der Waals surface area contributed by atoms with Crippen LogP contribution in [-0.4, -0.2) is 22.0 Å². The van der Waals surface area contributed by atoms with Crippen LogP contribution >= 0.6 is 0 Å². The van der Waals surface area contributed by atoms with Gasteiger partial charge >= 0.3 is 0 Å². The Bertz CT molecular complexity index is 420. The Balaban J connectivity index is 2.25. The van der Waals surface area contributed by atoms with Crippen molar-refractivity contribution in [3.63, 3.8) is 0 Å². The quantitative estimate of drug-likeness (QED) is 0.630. The van der Waals surface area contributed by atoms with E-state index in [0.717, 1.165) is 5.92 Å². The maximum absolute atomic E-state index is 6.31. The minimum Gasteiger partial charge on any atom is -0.0678 e. The van der Waals surface area contributed by atoms with Gasteiger partial charge in [-0.1, -0.05) is 54.3 Å². The van der Waals surface area contributed by atoms with E-state index in [1.165, 1.54) is 12.8 Å². The monoisotopic (exact) mass is 266 g/mol. The largest absolute Gasteiger partial charge is 0.0678 e. The molecule has 106 valence electrons. The lowest BCUT2D eigenvalue weighted by atomic mass is 9.05. The Morgan fingerprint density at radius 1 is 0.800 bits per heavy atom.